The van der Waals surface area contributed by atoms with Crippen LogP contribution in [0.15, 0.2) is 48.5 Å². The largest absolute Gasteiger partial charge is 0.490 e. The zero-order valence-electron chi connectivity index (χ0n) is 14.2. The molecule has 24 heavy (non-hydrogen) atoms. The molecule has 0 radical (unpaired) electrons. The summed E-state index contributed by atoms with van der Waals surface area (Å²) >= 11 is 0. The van der Waals surface area contributed by atoms with Crippen LogP contribution >= 0.6 is 0 Å². The highest BCUT2D eigenvalue weighted by Crippen LogP contribution is 2.27. The third-order valence-electron chi connectivity index (χ3n) is 3.94. The van der Waals surface area contributed by atoms with Crippen LogP contribution in [0, 0.1) is 6.92 Å². The van der Waals surface area contributed by atoms with Crippen molar-refractivity contribution in [3.63, 3.8) is 0 Å². The number of aryl methyl sites for hydroxylation is 1. The van der Waals surface area contributed by atoms with Gasteiger partial charge in [0.1, 0.15) is 24.7 Å². The maximum Gasteiger partial charge on any atom is 0.184 e. The molecule has 0 aliphatic carbocycles. The topological polar surface area (TPSA) is 36.9 Å². The van der Waals surface area contributed by atoms with Gasteiger partial charge in [-0.05, 0) is 44.5 Å². The third kappa shape index (κ3) is 4.73. The molecule has 1 heterocycles. The predicted molar refractivity (Wildman–Crippen MR) is 92.5 cm³/mol. The summed E-state index contributed by atoms with van der Waals surface area (Å²) in [6.07, 6.45) is 0.907. The zero-order chi connectivity index (χ0) is 16.8. The second-order valence-electron chi connectivity index (χ2n) is 6.02. The molecule has 2 atom stereocenters. The SMILES string of the molecule is Cc1ccc(OCCOc2ccc(C3OCCC(C)O3)cc2)cc1. The van der Waals surface area contributed by atoms with Crippen LogP contribution in [0.3, 0.4) is 0 Å². The van der Waals surface area contributed by atoms with Crippen LogP contribution < -0.4 is 9.47 Å². The molecule has 128 valence electrons. The average Bonchev–Trinajstić information content (AvgIpc) is 2.61. The molecule has 1 saturated heterocycles. The minimum absolute atomic E-state index is 0.235. The van der Waals surface area contributed by atoms with Crippen molar-refractivity contribution in [2.75, 3.05) is 19.8 Å². The number of hydrogen-bond donors (Lipinski definition) is 0. The first-order valence-corrected chi connectivity index (χ1v) is 8.40. The lowest BCUT2D eigenvalue weighted by Gasteiger charge is -2.28. The lowest BCUT2D eigenvalue weighted by Crippen LogP contribution is -2.24. The van der Waals surface area contributed by atoms with E-state index in [0.717, 1.165) is 30.1 Å². The highest BCUT2D eigenvalue weighted by molar-refractivity contribution is 5.28. The maximum absolute atomic E-state index is 5.79. The molecule has 0 bridgehead atoms. The standard InChI is InChI=1S/C20H24O4/c1-15-3-7-18(8-4-15)21-13-14-22-19-9-5-17(6-10-19)20-23-12-11-16(2)24-20/h3-10,16,20H,11-14H2,1-2H3. The zero-order valence-corrected chi connectivity index (χ0v) is 14.2. The Bertz CT molecular complexity index is 621. The molecule has 1 fully saturated rings. The number of benzene rings is 2. The summed E-state index contributed by atoms with van der Waals surface area (Å²) < 4.78 is 22.8. The number of hydrogen-bond acceptors (Lipinski definition) is 4. The first kappa shape index (κ1) is 16.8. The summed E-state index contributed by atoms with van der Waals surface area (Å²) in [5, 5.41) is 0. The summed E-state index contributed by atoms with van der Waals surface area (Å²) in [7, 11) is 0. The molecule has 1 aliphatic rings. The Morgan fingerprint density at radius 3 is 2.08 bits per heavy atom. The maximum atomic E-state index is 5.79. The van der Waals surface area contributed by atoms with Crippen LogP contribution in [0.4, 0.5) is 0 Å². The first-order chi connectivity index (χ1) is 11.7. The molecule has 0 aromatic heterocycles. The monoisotopic (exact) mass is 328 g/mol. The van der Waals surface area contributed by atoms with Gasteiger partial charge in [0.25, 0.3) is 0 Å². The van der Waals surface area contributed by atoms with Gasteiger partial charge in [-0.3, -0.25) is 0 Å². The van der Waals surface area contributed by atoms with Crippen LogP contribution in [0.1, 0.15) is 30.8 Å². The van der Waals surface area contributed by atoms with E-state index in [2.05, 4.69) is 13.8 Å². The van der Waals surface area contributed by atoms with Crippen molar-refractivity contribution < 1.29 is 18.9 Å². The average molecular weight is 328 g/mol. The molecule has 0 spiro atoms. The van der Waals surface area contributed by atoms with Gasteiger partial charge in [-0.15, -0.1) is 0 Å². The highest BCUT2D eigenvalue weighted by Gasteiger charge is 2.21. The van der Waals surface area contributed by atoms with Gasteiger partial charge in [0.05, 0.1) is 12.7 Å². The highest BCUT2D eigenvalue weighted by atomic mass is 16.7. The van der Waals surface area contributed by atoms with E-state index >= 15 is 0 Å². The molecule has 2 unspecified atom stereocenters. The Labute approximate surface area is 143 Å². The molecule has 2 aromatic rings. The fourth-order valence-corrected chi connectivity index (χ4v) is 2.51. The Balaban J connectivity index is 1.43. The van der Waals surface area contributed by atoms with Crippen LogP contribution in [-0.2, 0) is 9.47 Å². The van der Waals surface area contributed by atoms with Gasteiger partial charge in [0.15, 0.2) is 6.29 Å². The molecular weight excluding hydrogens is 304 g/mol. The number of ether oxygens (including phenoxy) is 4. The molecule has 0 saturated carbocycles. The molecule has 0 amide bonds. The quantitative estimate of drug-likeness (QED) is 0.742. The van der Waals surface area contributed by atoms with Crippen molar-refractivity contribution in [1.29, 1.82) is 0 Å². The fourth-order valence-electron chi connectivity index (χ4n) is 2.51. The molecule has 1 aliphatic heterocycles. The minimum Gasteiger partial charge on any atom is -0.490 e. The minimum atomic E-state index is -0.271. The van der Waals surface area contributed by atoms with Crippen LogP contribution in [-0.4, -0.2) is 25.9 Å². The Morgan fingerprint density at radius 2 is 1.50 bits per heavy atom. The summed E-state index contributed by atoms with van der Waals surface area (Å²) in [6, 6.07) is 15.8. The van der Waals surface area contributed by atoms with E-state index in [4.69, 9.17) is 18.9 Å². The van der Waals surface area contributed by atoms with E-state index in [1.807, 2.05) is 48.5 Å². The summed E-state index contributed by atoms with van der Waals surface area (Å²) in [5.41, 5.74) is 2.24. The predicted octanol–water partition coefficient (Wildman–Crippen LogP) is 4.28. The summed E-state index contributed by atoms with van der Waals surface area (Å²) in [5.74, 6) is 1.68. The molecular formula is C20H24O4. The van der Waals surface area contributed by atoms with Crippen molar-refractivity contribution in [3.8, 4) is 11.5 Å². The van der Waals surface area contributed by atoms with Gasteiger partial charge in [-0.1, -0.05) is 29.8 Å². The fraction of sp³-hybridized carbons (Fsp3) is 0.400. The van der Waals surface area contributed by atoms with Crippen molar-refractivity contribution in [2.45, 2.75) is 32.7 Å². The van der Waals surface area contributed by atoms with E-state index in [-0.39, 0.29) is 12.4 Å². The summed E-state index contributed by atoms with van der Waals surface area (Å²) in [4.78, 5) is 0. The van der Waals surface area contributed by atoms with E-state index < -0.39 is 0 Å². The van der Waals surface area contributed by atoms with Gasteiger partial charge in [-0.2, -0.15) is 0 Å². The van der Waals surface area contributed by atoms with E-state index in [1.165, 1.54) is 5.56 Å². The van der Waals surface area contributed by atoms with Gasteiger partial charge in [-0.25, -0.2) is 0 Å². The van der Waals surface area contributed by atoms with Crippen molar-refractivity contribution in [1.82, 2.24) is 0 Å². The van der Waals surface area contributed by atoms with Gasteiger partial charge in [0.2, 0.25) is 0 Å². The normalized spacial score (nSPS) is 20.6. The van der Waals surface area contributed by atoms with E-state index in [9.17, 15) is 0 Å². The second-order valence-corrected chi connectivity index (χ2v) is 6.02. The second kappa shape index (κ2) is 8.18. The van der Waals surface area contributed by atoms with Gasteiger partial charge in [0, 0.05) is 5.56 Å². The number of rotatable bonds is 6. The molecule has 4 nitrogen and oxygen atoms in total. The molecule has 2 aromatic carbocycles. The van der Waals surface area contributed by atoms with Crippen LogP contribution in [0.2, 0.25) is 0 Å². The molecule has 0 N–H and O–H groups in total. The van der Waals surface area contributed by atoms with E-state index in [0.29, 0.717) is 13.2 Å². The lowest BCUT2D eigenvalue weighted by molar-refractivity contribution is -0.212. The van der Waals surface area contributed by atoms with E-state index in [1.54, 1.807) is 0 Å². The van der Waals surface area contributed by atoms with Crippen molar-refractivity contribution >= 4 is 0 Å². The van der Waals surface area contributed by atoms with Crippen molar-refractivity contribution in [2.24, 2.45) is 0 Å². The Hall–Kier alpha value is -2.04. The smallest absolute Gasteiger partial charge is 0.184 e. The Morgan fingerprint density at radius 1 is 0.917 bits per heavy atom. The molecule has 4 heteroatoms. The third-order valence-corrected chi connectivity index (χ3v) is 3.94. The molecule has 3 rings (SSSR count). The van der Waals surface area contributed by atoms with Crippen LogP contribution in [0.25, 0.3) is 0 Å². The first-order valence-electron chi connectivity index (χ1n) is 8.40. The van der Waals surface area contributed by atoms with Gasteiger partial charge < -0.3 is 18.9 Å². The Kier molecular flexibility index (Phi) is 5.72. The lowest BCUT2D eigenvalue weighted by atomic mass is 10.2. The van der Waals surface area contributed by atoms with Gasteiger partial charge >= 0.3 is 0 Å². The summed E-state index contributed by atoms with van der Waals surface area (Å²) in [6.45, 7) is 5.87. The van der Waals surface area contributed by atoms with Crippen LogP contribution in [0.5, 0.6) is 11.5 Å². The van der Waals surface area contributed by atoms with Crippen molar-refractivity contribution in [3.05, 3.63) is 59.7 Å².